The zero-order valence-electron chi connectivity index (χ0n) is 19.2. The average Bonchev–Trinajstić information content (AvgIpc) is 3.09. The standard InChI is InChI=1S/C26H22ClN3O5/c1-14-11-18(25(35-3)19(27)12-14)23(32)21-22(20-9-4-5-10-28-20)30(26(34)24(21)33)17-8-6-7-16(13-17)29-15(2)31/h4-13,22,32H,1-3H3,(H,29,31)/b23-21+. The van der Waals surface area contributed by atoms with Gasteiger partial charge in [0.2, 0.25) is 5.91 Å². The Hall–Kier alpha value is -4.17. The predicted octanol–water partition coefficient (Wildman–Crippen LogP) is 4.64. The van der Waals surface area contributed by atoms with Crippen molar-refractivity contribution in [3.8, 4) is 5.75 Å². The van der Waals surface area contributed by atoms with E-state index in [1.807, 2.05) is 0 Å². The van der Waals surface area contributed by atoms with Crippen LogP contribution in [0.15, 0.2) is 66.4 Å². The van der Waals surface area contributed by atoms with Crippen LogP contribution in [0.3, 0.4) is 0 Å². The Balaban J connectivity index is 1.97. The van der Waals surface area contributed by atoms with Crippen LogP contribution in [-0.2, 0) is 14.4 Å². The number of hydrogen-bond donors (Lipinski definition) is 2. The Labute approximate surface area is 206 Å². The third-order valence-corrected chi connectivity index (χ3v) is 5.78. The van der Waals surface area contributed by atoms with Crippen molar-refractivity contribution in [2.75, 3.05) is 17.3 Å². The number of benzene rings is 2. The minimum atomic E-state index is -1.03. The number of carbonyl (C=O) groups is 3. The van der Waals surface area contributed by atoms with Crippen molar-refractivity contribution >= 4 is 46.3 Å². The molecular weight excluding hydrogens is 470 g/mol. The van der Waals surface area contributed by atoms with Crippen molar-refractivity contribution in [1.82, 2.24) is 4.98 Å². The van der Waals surface area contributed by atoms with Gasteiger partial charge >= 0.3 is 0 Å². The summed E-state index contributed by atoms with van der Waals surface area (Å²) >= 11 is 6.32. The molecule has 2 aromatic carbocycles. The number of hydrogen-bond acceptors (Lipinski definition) is 6. The molecular formula is C26H22ClN3O5. The van der Waals surface area contributed by atoms with Gasteiger partial charge in [-0.1, -0.05) is 23.7 Å². The van der Waals surface area contributed by atoms with Crippen LogP contribution in [0.1, 0.15) is 29.8 Å². The second-order valence-electron chi connectivity index (χ2n) is 7.98. The van der Waals surface area contributed by atoms with Crippen LogP contribution in [0.25, 0.3) is 5.76 Å². The van der Waals surface area contributed by atoms with Gasteiger partial charge in [-0.3, -0.25) is 24.3 Å². The maximum absolute atomic E-state index is 13.3. The van der Waals surface area contributed by atoms with Crippen molar-refractivity contribution in [2.45, 2.75) is 19.9 Å². The summed E-state index contributed by atoms with van der Waals surface area (Å²) in [6.45, 7) is 3.15. The number of nitrogens with zero attached hydrogens (tertiary/aromatic N) is 2. The van der Waals surface area contributed by atoms with Crippen LogP contribution in [-0.4, -0.2) is 34.8 Å². The summed E-state index contributed by atoms with van der Waals surface area (Å²) in [5, 5.41) is 14.3. The maximum atomic E-state index is 13.3. The van der Waals surface area contributed by atoms with Gasteiger partial charge in [-0.05, 0) is 55.0 Å². The van der Waals surface area contributed by atoms with Gasteiger partial charge in [0.1, 0.15) is 17.6 Å². The zero-order chi connectivity index (χ0) is 25.3. The van der Waals surface area contributed by atoms with Gasteiger partial charge in [-0.25, -0.2) is 0 Å². The van der Waals surface area contributed by atoms with Gasteiger partial charge in [-0.15, -0.1) is 0 Å². The molecule has 0 spiro atoms. The summed E-state index contributed by atoms with van der Waals surface area (Å²) < 4.78 is 5.39. The van der Waals surface area contributed by atoms with E-state index in [9.17, 15) is 19.5 Å². The van der Waals surface area contributed by atoms with Gasteiger partial charge in [-0.2, -0.15) is 0 Å². The minimum Gasteiger partial charge on any atom is -0.507 e. The number of Topliss-reactive ketones (excluding diaryl/α,β-unsaturated/α-hetero) is 1. The van der Waals surface area contributed by atoms with Gasteiger partial charge in [0.05, 0.1) is 29.0 Å². The summed E-state index contributed by atoms with van der Waals surface area (Å²) in [5.41, 5.74) is 1.92. The first-order valence-electron chi connectivity index (χ1n) is 10.7. The number of nitrogens with one attached hydrogen (secondary N) is 1. The molecule has 1 unspecified atom stereocenters. The lowest BCUT2D eigenvalue weighted by molar-refractivity contribution is -0.132. The molecule has 1 aliphatic rings. The molecule has 9 heteroatoms. The molecule has 0 aliphatic carbocycles. The second kappa shape index (κ2) is 9.60. The molecule has 0 radical (unpaired) electrons. The van der Waals surface area contributed by atoms with E-state index in [4.69, 9.17) is 16.3 Å². The smallest absolute Gasteiger partial charge is 0.300 e. The summed E-state index contributed by atoms with van der Waals surface area (Å²) in [6.07, 6.45) is 1.54. The molecule has 1 aliphatic heterocycles. The first kappa shape index (κ1) is 24.0. The van der Waals surface area contributed by atoms with E-state index in [0.29, 0.717) is 17.1 Å². The number of anilines is 2. The van der Waals surface area contributed by atoms with E-state index in [1.54, 1.807) is 61.5 Å². The van der Waals surface area contributed by atoms with E-state index in [2.05, 4.69) is 10.3 Å². The van der Waals surface area contributed by atoms with Gasteiger partial charge in [0.25, 0.3) is 11.7 Å². The summed E-state index contributed by atoms with van der Waals surface area (Å²) in [5.74, 6) is -2.27. The van der Waals surface area contributed by atoms with Crippen LogP contribution in [0.4, 0.5) is 11.4 Å². The van der Waals surface area contributed by atoms with Crippen molar-refractivity contribution in [3.05, 3.63) is 88.2 Å². The summed E-state index contributed by atoms with van der Waals surface area (Å²) in [7, 11) is 1.40. The average molecular weight is 492 g/mol. The van der Waals surface area contributed by atoms with E-state index >= 15 is 0 Å². The number of aryl methyl sites for hydroxylation is 1. The first-order valence-corrected chi connectivity index (χ1v) is 11.0. The fraction of sp³-hybridized carbons (Fsp3) is 0.154. The molecule has 1 atom stereocenters. The van der Waals surface area contributed by atoms with Crippen LogP contribution in [0.2, 0.25) is 5.02 Å². The van der Waals surface area contributed by atoms with Crippen LogP contribution in [0, 0.1) is 6.92 Å². The minimum absolute atomic E-state index is 0.154. The van der Waals surface area contributed by atoms with E-state index < -0.39 is 23.5 Å². The van der Waals surface area contributed by atoms with E-state index in [-0.39, 0.29) is 27.8 Å². The normalized spacial score (nSPS) is 16.9. The van der Waals surface area contributed by atoms with Crippen molar-refractivity contribution in [1.29, 1.82) is 0 Å². The molecule has 0 saturated carbocycles. The Morgan fingerprint density at radius 2 is 1.91 bits per heavy atom. The van der Waals surface area contributed by atoms with E-state index in [0.717, 1.165) is 5.56 Å². The molecule has 2 heterocycles. The Bertz CT molecular complexity index is 1370. The lowest BCUT2D eigenvalue weighted by Gasteiger charge is -2.25. The third kappa shape index (κ3) is 4.48. The van der Waals surface area contributed by atoms with Crippen molar-refractivity contribution in [3.63, 3.8) is 0 Å². The first-order chi connectivity index (χ1) is 16.7. The highest BCUT2D eigenvalue weighted by Gasteiger charge is 2.48. The zero-order valence-corrected chi connectivity index (χ0v) is 20.0. The number of aliphatic hydroxyl groups excluding tert-OH is 1. The summed E-state index contributed by atoms with van der Waals surface area (Å²) in [4.78, 5) is 43.8. The number of aliphatic hydroxyl groups is 1. The van der Waals surface area contributed by atoms with Crippen LogP contribution in [0.5, 0.6) is 5.75 Å². The maximum Gasteiger partial charge on any atom is 0.300 e. The predicted molar refractivity (Wildman–Crippen MR) is 133 cm³/mol. The Kier molecular flexibility index (Phi) is 6.57. The molecule has 8 nitrogen and oxygen atoms in total. The lowest BCUT2D eigenvalue weighted by atomic mass is 9.97. The third-order valence-electron chi connectivity index (χ3n) is 5.50. The molecule has 1 saturated heterocycles. The molecule has 1 aromatic heterocycles. The highest BCUT2D eigenvalue weighted by atomic mass is 35.5. The topological polar surface area (TPSA) is 109 Å². The van der Waals surface area contributed by atoms with Gasteiger partial charge < -0.3 is 15.2 Å². The van der Waals surface area contributed by atoms with Gasteiger partial charge in [0, 0.05) is 24.5 Å². The number of aromatic nitrogens is 1. The number of methoxy groups -OCH3 is 1. The lowest BCUT2D eigenvalue weighted by Crippen LogP contribution is -2.30. The quantitative estimate of drug-likeness (QED) is 0.306. The molecule has 4 rings (SSSR count). The van der Waals surface area contributed by atoms with Crippen LogP contribution < -0.4 is 15.0 Å². The Morgan fingerprint density at radius 1 is 1.14 bits per heavy atom. The fourth-order valence-corrected chi connectivity index (χ4v) is 4.46. The van der Waals surface area contributed by atoms with Gasteiger partial charge in [0.15, 0.2) is 0 Å². The highest BCUT2D eigenvalue weighted by molar-refractivity contribution is 6.51. The molecule has 2 N–H and O–H groups in total. The van der Waals surface area contributed by atoms with Crippen molar-refractivity contribution in [2.24, 2.45) is 0 Å². The molecule has 35 heavy (non-hydrogen) atoms. The fourth-order valence-electron chi connectivity index (χ4n) is 4.11. The molecule has 3 aromatic rings. The number of halogens is 1. The second-order valence-corrected chi connectivity index (χ2v) is 8.39. The van der Waals surface area contributed by atoms with Crippen LogP contribution >= 0.6 is 11.6 Å². The Morgan fingerprint density at radius 3 is 2.57 bits per heavy atom. The largest absolute Gasteiger partial charge is 0.507 e. The SMILES string of the molecule is COc1c(Cl)cc(C)cc1/C(O)=C1\C(=O)C(=O)N(c2cccc(NC(C)=O)c2)C1c1ccccn1. The number of carbonyl (C=O) groups excluding carboxylic acids is 3. The number of ketones is 1. The van der Waals surface area contributed by atoms with E-state index in [1.165, 1.54) is 25.1 Å². The number of pyridine rings is 1. The number of amides is 2. The molecule has 2 amide bonds. The highest BCUT2D eigenvalue weighted by Crippen LogP contribution is 2.44. The molecule has 1 fully saturated rings. The monoisotopic (exact) mass is 491 g/mol. The van der Waals surface area contributed by atoms with Crippen molar-refractivity contribution < 1.29 is 24.2 Å². The number of ether oxygens (including phenoxy) is 1. The molecule has 178 valence electrons. The summed E-state index contributed by atoms with van der Waals surface area (Å²) in [6, 6.07) is 13.9. The molecule has 0 bridgehead atoms. The number of rotatable bonds is 5.